The standard InChI is InChI=1S/C12H19ClN2S/c1-12(2,10-3-4-11(13)16-10)9-15-7-5-14-6-8-15/h3-4,14H,5-9H2,1-2H3. The van der Waals surface area contributed by atoms with Gasteiger partial charge in [0.25, 0.3) is 0 Å². The van der Waals surface area contributed by atoms with Crippen LogP contribution in [0, 0.1) is 0 Å². The van der Waals surface area contributed by atoms with E-state index < -0.39 is 0 Å². The van der Waals surface area contributed by atoms with Gasteiger partial charge in [0, 0.05) is 43.0 Å². The van der Waals surface area contributed by atoms with Crippen LogP contribution in [0.5, 0.6) is 0 Å². The van der Waals surface area contributed by atoms with Crippen LogP contribution in [0.4, 0.5) is 0 Å². The van der Waals surface area contributed by atoms with Gasteiger partial charge in [-0.05, 0) is 12.1 Å². The highest BCUT2D eigenvalue weighted by Crippen LogP contribution is 2.33. The zero-order valence-corrected chi connectivity index (χ0v) is 11.5. The Morgan fingerprint density at radius 3 is 2.62 bits per heavy atom. The summed E-state index contributed by atoms with van der Waals surface area (Å²) in [5.41, 5.74) is 0.204. The second kappa shape index (κ2) is 5.05. The molecule has 16 heavy (non-hydrogen) atoms. The Morgan fingerprint density at radius 1 is 1.38 bits per heavy atom. The van der Waals surface area contributed by atoms with Crippen LogP contribution in [-0.2, 0) is 5.41 Å². The molecule has 1 N–H and O–H groups in total. The molecule has 1 saturated heterocycles. The Hall–Kier alpha value is -0.0900. The van der Waals surface area contributed by atoms with Crippen molar-refractivity contribution in [1.29, 1.82) is 0 Å². The molecular formula is C12H19ClN2S. The number of piperazine rings is 1. The van der Waals surface area contributed by atoms with E-state index in [0.717, 1.165) is 37.1 Å². The van der Waals surface area contributed by atoms with E-state index in [1.807, 2.05) is 6.07 Å². The molecule has 2 nitrogen and oxygen atoms in total. The van der Waals surface area contributed by atoms with Crippen LogP contribution < -0.4 is 5.32 Å². The van der Waals surface area contributed by atoms with Crippen LogP contribution in [0.25, 0.3) is 0 Å². The van der Waals surface area contributed by atoms with E-state index in [1.54, 1.807) is 11.3 Å². The van der Waals surface area contributed by atoms with Crippen LogP contribution in [0.2, 0.25) is 4.34 Å². The summed E-state index contributed by atoms with van der Waals surface area (Å²) in [6.45, 7) is 10.3. The number of nitrogens with zero attached hydrogens (tertiary/aromatic N) is 1. The fraction of sp³-hybridized carbons (Fsp3) is 0.667. The first-order chi connectivity index (χ1) is 7.58. The summed E-state index contributed by atoms with van der Waals surface area (Å²) >= 11 is 7.71. The molecule has 0 bridgehead atoms. The topological polar surface area (TPSA) is 15.3 Å². The number of hydrogen-bond donors (Lipinski definition) is 1. The lowest BCUT2D eigenvalue weighted by Gasteiger charge is -2.34. The number of hydrogen-bond acceptors (Lipinski definition) is 3. The smallest absolute Gasteiger partial charge is 0.0931 e. The molecule has 1 aromatic heterocycles. The summed E-state index contributed by atoms with van der Waals surface area (Å²) in [6, 6.07) is 4.16. The van der Waals surface area contributed by atoms with E-state index in [2.05, 4.69) is 30.1 Å². The van der Waals surface area contributed by atoms with Gasteiger partial charge >= 0.3 is 0 Å². The van der Waals surface area contributed by atoms with E-state index in [-0.39, 0.29) is 5.41 Å². The maximum Gasteiger partial charge on any atom is 0.0931 e. The monoisotopic (exact) mass is 258 g/mol. The van der Waals surface area contributed by atoms with E-state index in [1.165, 1.54) is 4.88 Å². The zero-order chi connectivity index (χ0) is 11.6. The lowest BCUT2D eigenvalue weighted by Crippen LogP contribution is -2.47. The largest absolute Gasteiger partial charge is 0.314 e. The predicted molar refractivity (Wildman–Crippen MR) is 71.7 cm³/mol. The van der Waals surface area contributed by atoms with Crippen molar-refractivity contribution in [3.8, 4) is 0 Å². The fourth-order valence-corrected chi connectivity index (χ4v) is 3.32. The summed E-state index contributed by atoms with van der Waals surface area (Å²) in [6.07, 6.45) is 0. The molecular weight excluding hydrogens is 240 g/mol. The molecule has 4 heteroatoms. The minimum absolute atomic E-state index is 0.204. The van der Waals surface area contributed by atoms with Gasteiger partial charge in [-0.25, -0.2) is 0 Å². The fourth-order valence-electron chi connectivity index (χ4n) is 2.18. The molecule has 1 aliphatic heterocycles. The van der Waals surface area contributed by atoms with E-state index in [4.69, 9.17) is 11.6 Å². The number of halogens is 1. The Kier molecular flexibility index (Phi) is 3.90. The summed E-state index contributed by atoms with van der Waals surface area (Å²) in [4.78, 5) is 3.92. The highest BCUT2D eigenvalue weighted by Gasteiger charge is 2.26. The first-order valence-corrected chi connectivity index (χ1v) is 6.96. The van der Waals surface area contributed by atoms with Gasteiger partial charge in [-0.2, -0.15) is 0 Å². The van der Waals surface area contributed by atoms with Crippen molar-refractivity contribution in [3.05, 3.63) is 21.3 Å². The molecule has 1 aliphatic rings. The van der Waals surface area contributed by atoms with Crippen LogP contribution in [0.1, 0.15) is 18.7 Å². The van der Waals surface area contributed by atoms with Crippen LogP contribution >= 0.6 is 22.9 Å². The molecule has 2 heterocycles. The quantitative estimate of drug-likeness (QED) is 0.897. The summed E-state index contributed by atoms with van der Waals surface area (Å²) in [5.74, 6) is 0. The molecule has 0 spiro atoms. The number of rotatable bonds is 3. The lowest BCUT2D eigenvalue weighted by molar-refractivity contribution is 0.201. The number of nitrogens with one attached hydrogen (secondary N) is 1. The van der Waals surface area contributed by atoms with E-state index >= 15 is 0 Å². The maximum absolute atomic E-state index is 6.00. The van der Waals surface area contributed by atoms with Crippen molar-refractivity contribution in [2.75, 3.05) is 32.7 Å². The van der Waals surface area contributed by atoms with Gasteiger partial charge in [0.15, 0.2) is 0 Å². The molecule has 90 valence electrons. The molecule has 0 aliphatic carbocycles. The maximum atomic E-state index is 6.00. The minimum Gasteiger partial charge on any atom is -0.314 e. The predicted octanol–water partition coefficient (Wildman–Crippen LogP) is 2.58. The highest BCUT2D eigenvalue weighted by atomic mass is 35.5. The SMILES string of the molecule is CC(C)(CN1CCNCC1)c1ccc(Cl)s1. The van der Waals surface area contributed by atoms with Gasteiger partial charge in [0.1, 0.15) is 0 Å². The van der Waals surface area contributed by atoms with Crippen LogP contribution in [0.15, 0.2) is 12.1 Å². The molecule has 2 rings (SSSR count). The highest BCUT2D eigenvalue weighted by molar-refractivity contribution is 7.16. The summed E-state index contributed by atoms with van der Waals surface area (Å²) in [5, 5.41) is 3.38. The molecule has 1 fully saturated rings. The molecule has 1 aromatic rings. The van der Waals surface area contributed by atoms with Crippen molar-refractivity contribution in [3.63, 3.8) is 0 Å². The van der Waals surface area contributed by atoms with Gasteiger partial charge in [0.05, 0.1) is 4.34 Å². The van der Waals surface area contributed by atoms with Crippen molar-refractivity contribution in [2.24, 2.45) is 0 Å². The van der Waals surface area contributed by atoms with E-state index in [9.17, 15) is 0 Å². The van der Waals surface area contributed by atoms with Crippen LogP contribution in [0.3, 0.4) is 0 Å². The Balaban J connectivity index is 2.01. The summed E-state index contributed by atoms with van der Waals surface area (Å²) in [7, 11) is 0. The Bertz CT molecular complexity index is 343. The lowest BCUT2D eigenvalue weighted by atomic mass is 9.90. The van der Waals surface area contributed by atoms with Gasteiger partial charge in [-0.3, -0.25) is 4.90 Å². The first kappa shape index (κ1) is 12.4. The van der Waals surface area contributed by atoms with E-state index in [0.29, 0.717) is 0 Å². The van der Waals surface area contributed by atoms with Crippen molar-refractivity contribution in [2.45, 2.75) is 19.3 Å². The number of thiophene rings is 1. The van der Waals surface area contributed by atoms with Gasteiger partial charge < -0.3 is 5.32 Å². The molecule has 0 radical (unpaired) electrons. The first-order valence-electron chi connectivity index (χ1n) is 5.77. The third-order valence-corrected chi connectivity index (χ3v) is 4.67. The van der Waals surface area contributed by atoms with Crippen LogP contribution in [-0.4, -0.2) is 37.6 Å². The third-order valence-electron chi connectivity index (χ3n) is 3.07. The molecule has 0 aromatic carbocycles. The van der Waals surface area contributed by atoms with Crippen molar-refractivity contribution >= 4 is 22.9 Å². The van der Waals surface area contributed by atoms with Gasteiger partial charge in [-0.15, -0.1) is 11.3 Å². The Morgan fingerprint density at radius 2 is 2.06 bits per heavy atom. The average molecular weight is 259 g/mol. The molecule has 0 unspecified atom stereocenters. The Labute approximate surface area is 107 Å². The van der Waals surface area contributed by atoms with Crippen molar-refractivity contribution in [1.82, 2.24) is 10.2 Å². The normalized spacial score (nSPS) is 18.9. The van der Waals surface area contributed by atoms with Gasteiger partial charge in [0.2, 0.25) is 0 Å². The van der Waals surface area contributed by atoms with Gasteiger partial charge in [-0.1, -0.05) is 25.4 Å². The van der Waals surface area contributed by atoms with Crippen molar-refractivity contribution < 1.29 is 0 Å². The minimum atomic E-state index is 0.204. The third kappa shape index (κ3) is 2.98. The molecule has 0 amide bonds. The zero-order valence-electron chi connectivity index (χ0n) is 9.92. The molecule has 0 atom stereocenters. The average Bonchev–Trinajstić information content (AvgIpc) is 2.66. The summed E-state index contributed by atoms with van der Waals surface area (Å²) < 4.78 is 0.892. The second-order valence-corrected chi connectivity index (χ2v) is 6.73. The second-order valence-electron chi connectivity index (χ2n) is 5.01. The molecule has 0 saturated carbocycles.